The van der Waals surface area contributed by atoms with E-state index in [1.165, 1.54) is 4.90 Å². The molecule has 0 aromatic heterocycles. The summed E-state index contributed by atoms with van der Waals surface area (Å²) in [6, 6.07) is -0.219. The Labute approximate surface area is 171 Å². The molecule has 7 heteroatoms. The van der Waals surface area contributed by atoms with E-state index >= 15 is 0 Å². The monoisotopic (exact) mass is 411 g/mol. The van der Waals surface area contributed by atoms with E-state index in [2.05, 4.69) is 47.0 Å². The number of β-lactam (4-membered cyclic amide) rings is 1. The van der Waals surface area contributed by atoms with Crippen molar-refractivity contribution < 1.29 is 23.5 Å². The highest BCUT2D eigenvalue weighted by atomic mass is 28.4. The van der Waals surface area contributed by atoms with Gasteiger partial charge in [-0.1, -0.05) is 32.9 Å². The molecule has 0 aliphatic carbocycles. The van der Waals surface area contributed by atoms with Crippen molar-refractivity contribution in [2.24, 2.45) is 5.92 Å². The highest BCUT2D eigenvalue weighted by Gasteiger charge is 2.55. The van der Waals surface area contributed by atoms with Crippen molar-refractivity contribution in [1.29, 1.82) is 0 Å². The Morgan fingerprint density at radius 2 is 1.89 bits per heavy atom. The van der Waals surface area contributed by atoms with Crippen molar-refractivity contribution in [3.63, 3.8) is 0 Å². The number of rotatable bonds is 11. The fourth-order valence-electron chi connectivity index (χ4n) is 3.17. The number of nitrogens with zero attached hydrogens (tertiary/aromatic N) is 1. The van der Waals surface area contributed by atoms with Gasteiger partial charge in [-0.3, -0.25) is 4.79 Å². The number of hydrogen-bond acceptors (Lipinski definition) is 5. The van der Waals surface area contributed by atoms with Crippen LogP contribution in [0.5, 0.6) is 0 Å². The summed E-state index contributed by atoms with van der Waals surface area (Å²) in [5, 5.41) is 0.0439. The fraction of sp³-hybridized carbons (Fsp3) is 0.714. The third-order valence-electron chi connectivity index (χ3n) is 5.62. The number of amides is 1. The van der Waals surface area contributed by atoms with Crippen molar-refractivity contribution in [2.45, 2.75) is 77.5 Å². The molecule has 0 spiro atoms. The van der Waals surface area contributed by atoms with Gasteiger partial charge in [0.1, 0.15) is 0 Å². The van der Waals surface area contributed by atoms with Crippen LogP contribution in [0.15, 0.2) is 25.3 Å². The quantitative estimate of drug-likeness (QED) is 0.223. The zero-order valence-electron chi connectivity index (χ0n) is 18.5. The Balaban J connectivity index is 3.05. The summed E-state index contributed by atoms with van der Waals surface area (Å²) < 4.78 is 17.2. The van der Waals surface area contributed by atoms with Gasteiger partial charge in [0.15, 0.2) is 8.32 Å². The first-order valence-corrected chi connectivity index (χ1v) is 12.8. The Kier molecular flexibility index (Phi) is 8.65. The van der Waals surface area contributed by atoms with E-state index in [4.69, 9.17) is 13.9 Å². The maximum absolute atomic E-state index is 13.1. The Bertz CT molecular complexity index is 584. The first-order chi connectivity index (χ1) is 12.9. The first-order valence-electron chi connectivity index (χ1n) is 9.92. The molecule has 1 saturated heterocycles. The highest BCUT2D eigenvalue weighted by molar-refractivity contribution is 6.74. The van der Waals surface area contributed by atoms with Crippen LogP contribution < -0.4 is 0 Å². The lowest BCUT2D eigenvalue weighted by molar-refractivity contribution is -0.202. The van der Waals surface area contributed by atoms with Crippen LogP contribution in [0.25, 0.3) is 0 Å². The van der Waals surface area contributed by atoms with Gasteiger partial charge in [-0.25, -0.2) is 4.79 Å². The molecule has 1 heterocycles. The number of likely N-dealkylation sites (tertiary alicyclic amines) is 1. The SMILES string of the molecule is C=CCO[C@@H](C(=O)OCC)N1C(=O)[C@H]([C@@H](C)O[Si](C)(C)C(C)(C)C)[C@H]1CC=C. The van der Waals surface area contributed by atoms with E-state index in [1.807, 2.05) is 6.92 Å². The van der Waals surface area contributed by atoms with Crippen molar-refractivity contribution in [3.8, 4) is 0 Å². The molecule has 0 radical (unpaired) electrons. The van der Waals surface area contributed by atoms with Gasteiger partial charge in [-0.2, -0.15) is 0 Å². The van der Waals surface area contributed by atoms with E-state index in [0.717, 1.165) is 0 Å². The van der Waals surface area contributed by atoms with Crippen LogP contribution in [-0.2, 0) is 23.5 Å². The van der Waals surface area contributed by atoms with E-state index in [0.29, 0.717) is 6.42 Å². The van der Waals surface area contributed by atoms with E-state index in [-0.39, 0.29) is 42.2 Å². The van der Waals surface area contributed by atoms with Gasteiger partial charge >= 0.3 is 5.97 Å². The molecular weight excluding hydrogens is 374 g/mol. The van der Waals surface area contributed by atoms with Crippen LogP contribution >= 0.6 is 0 Å². The number of carbonyl (C=O) groups is 2. The molecule has 0 unspecified atom stereocenters. The van der Waals surface area contributed by atoms with E-state index < -0.39 is 20.5 Å². The predicted molar refractivity (Wildman–Crippen MR) is 113 cm³/mol. The van der Waals surface area contributed by atoms with Crippen molar-refractivity contribution >= 4 is 20.2 Å². The number of ether oxygens (including phenoxy) is 2. The summed E-state index contributed by atoms with van der Waals surface area (Å²) in [7, 11) is -2.03. The van der Waals surface area contributed by atoms with Gasteiger partial charge < -0.3 is 18.8 Å². The average molecular weight is 412 g/mol. The third-order valence-corrected chi connectivity index (χ3v) is 10.2. The summed E-state index contributed by atoms with van der Waals surface area (Å²) in [5.74, 6) is -1.06. The normalized spacial score (nSPS) is 22.2. The largest absolute Gasteiger partial charge is 0.463 e. The smallest absolute Gasteiger partial charge is 0.356 e. The van der Waals surface area contributed by atoms with Gasteiger partial charge in [0.05, 0.1) is 31.3 Å². The van der Waals surface area contributed by atoms with Crippen LogP contribution in [0, 0.1) is 5.92 Å². The maximum Gasteiger partial charge on any atom is 0.356 e. The number of carbonyl (C=O) groups excluding carboxylic acids is 2. The fourth-order valence-corrected chi connectivity index (χ4v) is 4.60. The summed E-state index contributed by atoms with van der Waals surface area (Å²) >= 11 is 0. The lowest BCUT2D eigenvalue weighted by atomic mass is 9.81. The molecule has 0 aromatic rings. The van der Waals surface area contributed by atoms with Gasteiger partial charge in [0.25, 0.3) is 0 Å². The Morgan fingerprint density at radius 3 is 2.36 bits per heavy atom. The zero-order valence-corrected chi connectivity index (χ0v) is 19.5. The van der Waals surface area contributed by atoms with Crippen LogP contribution in [0.3, 0.4) is 0 Å². The zero-order chi connectivity index (χ0) is 21.7. The van der Waals surface area contributed by atoms with Gasteiger partial charge in [0, 0.05) is 0 Å². The van der Waals surface area contributed by atoms with Gasteiger partial charge in [-0.05, 0) is 38.4 Å². The standard InChI is InChI=1S/C21H37NO5Si/c1-10-13-16-17(15(4)27-28(8,9)21(5,6)7)18(23)22(16)19(26-14-11-2)20(24)25-12-3/h10-11,15-17,19H,1-2,12-14H2,3-9H3/t15-,16-,17-,19+/m1/s1. The summed E-state index contributed by atoms with van der Waals surface area (Å²) in [6.45, 7) is 22.3. The lowest BCUT2D eigenvalue weighted by Gasteiger charge is -2.52. The first kappa shape index (κ1) is 24.6. The van der Waals surface area contributed by atoms with Crippen LogP contribution in [0.4, 0.5) is 0 Å². The van der Waals surface area contributed by atoms with E-state index in [9.17, 15) is 9.59 Å². The average Bonchev–Trinajstić information content (AvgIpc) is 2.56. The van der Waals surface area contributed by atoms with Gasteiger partial charge in [-0.15, -0.1) is 13.2 Å². The van der Waals surface area contributed by atoms with Crippen LogP contribution in [0.1, 0.15) is 41.0 Å². The minimum Gasteiger partial charge on any atom is -0.463 e. The van der Waals surface area contributed by atoms with Crippen molar-refractivity contribution in [1.82, 2.24) is 4.90 Å². The van der Waals surface area contributed by atoms with E-state index in [1.54, 1.807) is 19.1 Å². The molecule has 160 valence electrons. The molecule has 0 aromatic carbocycles. The highest BCUT2D eigenvalue weighted by Crippen LogP contribution is 2.41. The molecule has 1 amide bonds. The van der Waals surface area contributed by atoms with Crippen LogP contribution in [0.2, 0.25) is 18.1 Å². The summed E-state index contributed by atoms with van der Waals surface area (Å²) in [6.07, 6.45) is 2.52. The number of esters is 1. The number of hydrogen-bond donors (Lipinski definition) is 0. The minimum absolute atomic E-state index is 0.0439. The predicted octanol–water partition coefficient (Wildman–Crippen LogP) is 3.89. The van der Waals surface area contributed by atoms with Gasteiger partial charge in [0.2, 0.25) is 12.1 Å². The molecule has 1 rings (SSSR count). The molecule has 1 fully saturated rings. The molecule has 0 saturated carbocycles. The second-order valence-corrected chi connectivity index (χ2v) is 13.4. The summed E-state index contributed by atoms with van der Waals surface area (Å²) in [4.78, 5) is 26.9. The van der Waals surface area contributed by atoms with Crippen LogP contribution in [-0.4, -0.2) is 56.7 Å². The molecule has 0 N–H and O–H groups in total. The molecule has 6 nitrogen and oxygen atoms in total. The molecule has 4 atom stereocenters. The molecule has 1 aliphatic rings. The molecule has 0 bridgehead atoms. The Hall–Kier alpha value is -1.44. The maximum atomic E-state index is 13.1. The molecular formula is C21H37NO5Si. The second-order valence-electron chi connectivity index (χ2n) is 8.67. The van der Waals surface area contributed by atoms with Crippen molar-refractivity contribution in [3.05, 3.63) is 25.3 Å². The summed E-state index contributed by atoms with van der Waals surface area (Å²) in [5.41, 5.74) is 0. The Morgan fingerprint density at radius 1 is 1.29 bits per heavy atom. The van der Waals surface area contributed by atoms with Crippen molar-refractivity contribution in [2.75, 3.05) is 13.2 Å². The second kappa shape index (κ2) is 9.85. The topological polar surface area (TPSA) is 65.1 Å². The third kappa shape index (κ3) is 5.33. The minimum atomic E-state index is -2.03. The molecule has 28 heavy (non-hydrogen) atoms. The lowest BCUT2D eigenvalue weighted by Crippen LogP contribution is -2.70. The molecule has 1 aliphatic heterocycles.